The third-order valence-corrected chi connectivity index (χ3v) is 6.14. The van der Waals surface area contributed by atoms with Crippen molar-refractivity contribution in [2.75, 3.05) is 54.2 Å². The van der Waals surface area contributed by atoms with Crippen LogP contribution in [0.1, 0.15) is 37.8 Å². The SMILES string of the molecule is COc1ccc(CCN(C)CCCN(CC(C)C)C(=O)CC=Cc2ccc3c(c2)OCO3)cc1OC. The fourth-order valence-electron chi connectivity index (χ4n) is 4.20. The molecule has 3 rings (SSSR count). The summed E-state index contributed by atoms with van der Waals surface area (Å²) in [5.41, 5.74) is 2.21. The molecule has 2 aromatic carbocycles. The van der Waals surface area contributed by atoms with Crippen molar-refractivity contribution in [2.45, 2.75) is 33.1 Å². The first-order valence-corrected chi connectivity index (χ1v) is 12.6. The molecule has 0 aromatic heterocycles. The molecule has 196 valence electrons. The lowest BCUT2D eigenvalue weighted by molar-refractivity contribution is -0.130. The normalized spacial score (nSPS) is 12.5. The quantitative estimate of drug-likeness (QED) is 0.371. The zero-order chi connectivity index (χ0) is 25.9. The minimum Gasteiger partial charge on any atom is -0.493 e. The van der Waals surface area contributed by atoms with Crippen molar-refractivity contribution in [1.29, 1.82) is 0 Å². The summed E-state index contributed by atoms with van der Waals surface area (Å²) in [5, 5.41) is 0. The van der Waals surface area contributed by atoms with Crippen molar-refractivity contribution in [3.63, 3.8) is 0 Å². The number of carbonyl (C=O) groups excluding carboxylic acids is 1. The van der Waals surface area contributed by atoms with Crippen LogP contribution in [0, 0.1) is 5.92 Å². The van der Waals surface area contributed by atoms with E-state index in [1.807, 2.05) is 47.4 Å². The first-order chi connectivity index (χ1) is 17.4. The summed E-state index contributed by atoms with van der Waals surface area (Å²) in [6.45, 7) is 7.96. The number of rotatable bonds is 14. The van der Waals surface area contributed by atoms with Crippen LogP contribution < -0.4 is 18.9 Å². The first-order valence-electron chi connectivity index (χ1n) is 12.6. The minimum absolute atomic E-state index is 0.161. The van der Waals surface area contributed by atoms with Crippen LogP contribution in [0.2, 0.25) is 0 Å². The molecular formula is C29H40N2O5. The number of nitrogens with zero attached hydrogens (tertiary/aromatic N) is 2. The van der Waals surface area contributed by atoms with Crippen molar-refractivity contribution in [3.8, 4) is 23.0 Å². The lowest BCUT2D eigenvalue weighted by atomic mass is 10.1. The molecule has 0 atom stereocenters. The van der Waals surface area contributed by atoms with Gasteiger partial charge < -0.3 is 28.7 Å². The van der Waals surface area contributed by atoms with Crippen molar-refractivity contribution in [2.24, 2.45) is 5.92 Å². The highest BCUT2D eigenvalue weighted by atomic mass is 16.7. The van der Waals surface area contributed by atoms with Gasteiger partial charge in [0.05, 0.1) is 14.2 Å². The summed E-state index contributed by atoms with van der Waals surface area (Å²) in [6, 6.07) is 11.9. The second kappa shape index (κ2) is 13.8. The largest absolute Gasteiger partial charge is 0.493 e. The van der Waals surface area contributed by atoms with Gasteiger partial charge in [-0.1, -0.05) is 38.1 Å². The number of methoxy groups -OCH3 is 2. The number of likely N-dealkylation sites (N-methyl/N-ethyl adjacent to an activating group) is 1. The van der Waals surface area contributed by atoms with Gasteiger partial charge >= 0.3 is 0 Å². The van der Waals surface area contributed by atoms with Crippen LogP contribution in [0.4, 0.5) is 0 Å². The zero-order valence-corrected chi connectivity index (χ0v) is 22.3. The number of ether oxygens (including phenoxy) is 4. The minimum atomic E-state index is 0.161. The van der Waals surface area contributed by atoms with E-state index >= 15 is 0 Å². The lowest BCUT2D eigenvalue weighted by Crippen LogP contribution is -2.36. The Morgan fingerprint density at radius 1 is 1.00 bits per heavy atom. The van der Waals surface area contributed by atoms with Gasteiger partial charge in [-0.25, -0.2) is 0 Å². The van der Waals surface area contributed by atoms with Gasteiger partial charge in [-0.3, -0.25) is 4.79 Å². The maximum absolute atomic E-state index is 12.9. The van der Waals surface area contributed by atoms with E-state index in [1.54, 1.807) is 14.2 Å². The molecule has 1 amide bonds. The number of benzene rings is 2. The highest BCUT2D eigenvalue weighted by Crippen LogP contribution is 2.33. The van der Waals surface area contributed by atoms with E-state index < -0.39 is 0 Å². The molecule has 0 fully saturated rings. The summed E-state index contributed by atoms with van der Waals surface area (Å²) in [7, 11) is 5.43. The molecule has 0 N–H and O–H groups in total. The van der Waals surface area contributed by atoms with Gasteiger partial charge in [0.15, 0.2) is 23.0 Å². The Labute approximate surface area is 215 Å². The first kappa shape index (κ1) is 27.4. The number of hydrogen-bond acceptors (Lipinski definition) is 6. The summed E-state index contributed by atoms with van der Waals surface area (Å²) in [4.78, 5) is 17.3. The van der Waals surface area contributed by atoms with E-state index in [4.69, 9.17) is 18.9 Å². The smallest absolute Gasteiger partial charge is 0.231 e. The van der Waals surface area contributed by atoms with Crippen molar-refractivity contribution in [3.05, 3.63) is 53.6 Å². The molecule has 36 heavy (non-hydrogen) atoms. The van der Waals surface area contributed by atoms with Crippen molar-refractivity contribution in [1.82, 2.24) is 9.80 Å². The number of amides is 1. The van der Waals surface area contributed by atoms with Crippen LogP contribution >= 0.6 is 0 Å². The highest BCUT2D eigenvalue weighted by molar-refractivity contribution is 5.78. The molecule has 0 aliphatic carbocycles. The van der Waals surface area contributed by atoms with Crippen molar-refractivity contribution < 1.29 is 23.7 Å². The summed E-state index contributed by atoms with van der Waals surface area (Å²) in [5.74, 6) is 3.60. The monoisotopic (exact) mass is 496 g/mol. The molecule has 1 aliphatic rings. The van der Waals surface area contributed by atoms with Crippen LogP contribution in [0.25, 0.3) is 6.08 Å². The number of hydrogen-bond donors (Lipinski definition) is 0. The topological polar surface area (TPSA) is 60.5 Å². The van der Waals surface area contributed by atoms with Gasteiger partial charge in [0.25, 0.3) is 0 Å². The molecule has 2 aromatic rings. The Hall–Kier alpha value is -3.19. The van der Waals surface area contributed by atoms with E-state index in [0.717, 1.165) is 67.6 Å². The Kier molecular flexibility index (Phi) is 10.5. The van der Waals surface area contributed by atoms with Crippen LogP contribution in [0.5, 0.6) is 23.0 Å². The van der Waals surface area contributed by atoms with E-state index in [9.17, 15) is 4.79 Å². The maximum Gasteiger partial charge on any atom is 0.231 e. The van der Waals surface area contributed by atoms with Gasteiger partial charge in [-0.2, -0.15) is 0 Å². The van der Waals surface area contributed by atoms with Gasteiger partial charge in [0.1, 0.15) is 0 Å². The molecule has 0 unspecified atom stereocenters. The molecule has 1 aliphatic heterocycles. The fraction of sp³-hybridized carbons (Fsp3) is 0.483. The molecule has 7 heteroatoms. The van der Waals surface area contributed by atoms with Gasteiger partial charge in [0.2, 0.25) is 12.7 Å². The highest BCUT2D eigenvalue weighted by Gasteiger charge is 2.15. The van der Waals surface area contributed by atoms with Crippen LogP contribution in [0.15, 0.2) is 42.5 Å². The molecule has 7 nitrogen and oxygen atoms in total. The van der Waals surface area contributed by atoms with Gasteiger partial charge in [0, 0.05) is 26.1 Å². The average molecular weight is 497 g/mol. The lowest BCUT2D eigenvalue weighted by Gasteiger charge is -2.25. The molecule has 1 heterocycles. The Morgan fingerprint density at radius 3 is 2.53 bits per heavy atom. The molecule has 0 saturated carbocycles. The summed E-state index contributed by atoms with van der Waals surface area (Å²) in [6.07, 6.45) is 6.15. The second-order valence-corrected chi connectivity index (χ2v) is 9.55. The predicted molar refractivity (Wildman–Crippen MR) is 143 cm³/mol. The third kappa shape index (κ3) is 8.19. The predicted octanol–water partition coefficient (Wildman–Crippen LogP) is 4.89. The fourth-order valence-corrected chi connectivity index (χ4v) is 4.20. The molecule has 0 spiro atoms. The number of carbonyl (C=O) groups is 1. The Bertz CT molecular complexity index is 1020. The summed E-state index contributed by atoms with van der Waals surface area (Å²) < 4.78 is 21.5. The van der Waals surface area contributed by atoms with E-state index in [0.29, 0.717) is 12.3 Å². The van der Waals surface area contributed by atoms with E-state index in [1.165, 1.54) is 5.56 Å². The Morgan fingerprint density at radius 2 is 1.78 bits per heavy atom. The third-order valence-electron chi connectivity index (χ3n) is 6.14. The second-order valence-electron chi connectivity index (χ2n) is 9.55. The molecule has 0 bridgehead atoms. The molecule has 0 saturated heterocycles. The van der Waals surface area contributed by atoms with Crippen LogP contribution in [0.3, 0.4) is 0 Å². The summed E-state index contributed by atoms with van der Waals surface area (Å²) >= 11 is 0. The zero-order valence-electron chi connectivity index (χ0n) is 22.3. The number of fused-ring (bicyclic) bond motifs is 1. The van der Waals surface area contributed by atoms with E-state index in [2.05, 4.69) is 31.9 Å². The van der Waals surface area contributed by atoms with E-state index in [-0.39, 0.29) is 12.7 Å². The standard InChI is InChI=1S/C29H40N2O5/c1-22(2)20-31(29(32)9-6-8-23-11-13-26-28(19-23)36-21-35-26)16-7-15-30(3)17-14-24-10-12-25(33-4)27(18-24)34-5/h6,8,10-13,18-19,22H,7,9,14-17,20-21H2,1-5H3. The van der Waals surface area contributed by atoms with Crippen LogP contribution in [-0.2, 0) is 11.2 Å². The molecule has 0 radical (unpaired) electrons. The van der Waals surface area contributed by atoms with Gasteiger partial charge in [-0.05, 0) is 67.7 Å². The average Bonchev–Trinajstić information content (AvgIpc) is 3.34. The van der Waals surface area contributed by atoms with Crippen LogP contribution in [-0.4, -0.2) is 69.9 Å². The Balaban J connectivity index is 1.44. The van der Waals surface area contributed by atoms with Gasteiger partial charge in [-0.15, -0.1) is 0 Å². The molecular weight excluding hydrogens is 456 g/mol. The maximum atomic E-state index is 12.9. The van der Waals surface area contributed by atoms with Crippen molar-refractivity contribution >= 4 is 12.0 Å².